The van der Waals surface area contributed by atoms with E-state index in [1.807, 2.05) is 19.1 Å². The maximum absolute atomic E-state index is 11.6. The molecule has 0 unspecified atom stereocenters. The summed E-state index contributed by atoms with van der Waals surface area (Å²) < 4.78 is 0. The molecule has 0 aliphatic heterocycles. The van der Waals surface area contributed by atoms with Crippen LogP contribution >= 0.6 is 11.6 Å². The molecular weight excluding hydrogens is 198 g/mol. The highest BCUT2D eigenvalue weighted by molar-refractivity contribution is 6.31. The first-order valence-electron chi connectivity index (χ1n) is 4.73. The van der Waals surface area contributed by atoms with Gasteiger partial charge in [-0.2, -0.15) is 0 Å². The summed E-state index contributed by atoms with van der Waals surface area (Å²) in [6.45, 7) is 1.93. The Morgan fingerprint density at radius 1 is 1.43 bits per heavy atom. The van der Waals surface area contributed by atoms with Crippen molar-refractivity contribution in [3.8, 4) is 0 Å². The Kier molecular flexibility index (Phi) is 2.46. The molecule has 1 N–H and O–H groups in total. The van der Waals surface area contributed by atoms with E-state index < -0.39 is 0 Å². The second kappa shape index (κ2) is 3.62. The van der Waals surface area contributed by atoms with Gasteiger partial charge in [-0.25, -0.2) is 0 Å². The molecule has 1 fully saturated rings. The van der Waals surface area contributed by atoms with Gasteiger partial charge in [-0.15, -0.1) is 0 Å². The molecule has 0 saturated heterocycles. The number of benzene rings is 1. The van der Waals surface area contributed by atoms with E-state index in [2.05, 4.69) is 5.32 Å². The number of hydrogen-bond acceptors (Lipinski definition) is 1. The lowest BCUT2D eigenvalue weighted by atomic mass is 10.1. The van der Waals surface area contributed by atoms with Gasteiger partial charge in [0, 0.05) is 16.6 Å². The van der Waals surface area contributed by atoms with Crippen molar-refractivity contribution in [3.63, 3.8) is 0 Å². The summed E-state index contributed by atoms with van der Waals surface area (Å²) >= 11 is 5.87. The Morgan fingerprint density at radius 2 is 2.14 bits per heavy atom. The summed E-state index contributed by atoms with van der Waals surface area (Å²) in [7, 11) is 0. The van der Waals surface area contributed by atoms with Crippen molar-refractivity contribution < 1.29 is 4.79 Å². The third-order valence-corrected chi connectivity index (χ3v) is 2.44. The normalized spacial score (nSPS) is 15.3. The smallest absolute Gasteiger partial charge is 0.251 e. The van der Waals surface area contributed by atoms with E-state index in [0.717, 1.165) is 18.4 Å². The number of carbonyl (C=O) groups is 1. The van der Waals surface area contributed by atoms with Crippen LogP contribution in [0.5, 0.6) is 0 Å². The van der Waals surface area contributed by atoms with E-state index in [1.165, 1.54) is 0 Å². The number of nitrogens with one attached hydrogen (secondary N) is 1. The zero-order valence-corrected chi connectivity index (χ0v) is 8.77. The van der Waals surface area contributed by atoms with Crippen LogP contribution in [0.1, 0.15) is 28.8 Å². The van der Waals surface area contributed by atoms with Gasteiger partial charge in [0.25, 0.3) is 5.91 Å². The molecule has 0 atom stereocenters. The lowest BCUT2D eigenvalue weighted by molar-refractivity contribution is 0.0951. The highest BCUT2D eigenvalue weighted by Crippen LogP contribution is 2.20. The summed E-state index contributed by atoms with van der Waals surface area (Å²) in [6.07, 6.45) is 2.20. The first kappa shape index (κ1) is 9.53. The largest absolute Gasteiger partial charge is 0.349 e. The summed E-state index contributed by atoms with van der Waals surface area (Å²) in [5, 5.41) is 3.54. The maximum atomic E-state index is 11.6. The fraction of sp³-hybridized carbons (Fsp3) is 0.364. The van der Waals surface area contributed by atoms with Crippen LogP contribution < -0.4 is 5.32 Å². The van der Waals surface area contributed by atoms with Crippen molar-refractivity contribution in [1.29, 1.82) is 0 Å². The van der Waals surface area contributed by atoms with Crippen LogP contribution in [0.4, 0.5) is 0 Å². The van der Waals surface area contributed by atoms with E-state index >= 15 is 0 Å². The fourth-order valence-electron chi connectivity index (χ4n) is 1.36. The van der Waals surface area contributed by atoms with Gasteiger partial charge in [0.1, 0.15) is 0 Å². The molecule has 14 heavy (non-hydrogen) atoms. The molecule has 0 spiro atoms. The van der Waals surface area contributed by atoms with Crippen molar-refractivity contribution in [2.75, 3.05) is 0 Å². The predicted molar refractivity (Wildman–Crippen MR) is 56.7 cm³/mol. The molecule has 1 amide bonds. The summed E-state index contributed by atoms with van der Waals surface area (Å²) in [4.78, 5) is 11.6. The molecule has 2 rings (SSSR count). The Hall–Kier alpha value is -1.02. The second-order valence-electron chi connectivity index (χ2n) is 3.76. The zero-order valence-electron chi connectivity index (χ0n) is 8.01. The SMILES string of the molecule is Cc1cc(Cl)cc(C(=O)NC2CC2)c1. The molecule has 1 aromatic rings. The fourth-order valence-corrected chi connectivity index (χ4v) is 1.65. The van der Waals surface area contributed by atoms with Gasteiger partial charge in [0.05, 0.1) is 0 Å². The highest BCUT2D eigenvalue weighted by Gasteiger charge is 2.23. The van der Waals surface area contributed by atoms with Gasteiger partial charge in [0.2, 0.25) is 0 Å². The monoisotopic (exact) mass is 209 g/mol. The van der Waals surface area contributed by atoms with Crippen molar-refractivity contribution >= 4 is 17.5 Å². The molecule has 0 radical (unpaired) electrons. The molecule has 1 aliphatic carbocycles. The number of halogens is 1. The lowest BCUT2D eigenvalue weighted by Crippen LogP contribution is -2.25. The minimum atomic E-state index is -0.0156. The minimum absolute atomic E-state index is 0.0156. The van der Waals surface area contributed by atoms with E-state index in [4.69, 9.17) is 11.6 Å². The third-order valence-electron chi connectivity index (χ3n) is 2.22. The molecule has 0 heterocycles. The molecule has 2 nitrogen and oxygen atoms in total. The van der Waals surface area contributed by atoms with Crippen LogP contribution in [-0.4, -0.2) is 11.9 Å². The predicted octanol–water partition coefficient (Wildman–Crippen LogP) is 2.54. The van der Waals surface area contributed by atoms with Gasteiger partial charge < -0.3 is 5.32 Å². The first-order chi connectivity index (χ1) is 6.65. The van der Waals surface area contributed by atoms with Crippen LogP contribution in [0.2, 0.25) is 5.02 Å². The molecule has 1 aromatic carbocycles. The average Bonchev–Trinajstić information content (AvgIpc) is 2.86. The molecule has 0 bridgehead atoms. The average molecular weight is 210 g/mol. The number of amides is 1. The minimum Gasteiger partial charge on any atom is -0.349 e. The first-order valence-corrected chi connectivity index (χ1v) is 5.11. The number of carbonyl (C=O) groups excluding carboxylic acids is 1. The quantitative estimate of drug-likeness (QED) is 0.797. The number of aryl methyl sites for hydroxylation is 1. The van der Waals surface area contributed by atoms with Crippen LogP contribution in [0.25, 0.3) is 0 Å². The van der Waals surface area contributed by atoms with Gasteiger partial charge in [-0.1, -0.05) is 11.6 Å². The zero-order chi connectivity index (χ0) is 10.1. The van der Waals surface area contributed by atoms with Crippen LogP contribution in [0.3, 0.4) is 0 Å². The van der Waals surface area contributed by atoms with E-state index in [0.29, 0.717) is 16.6 Å². The Labute approximate surface area is 88.3 Å². The number of rotatable bonds is 2. The Morgan fingerprint density at radius 3 is 2.71 bits per heavy atom. The molecule has 1 aliphatic rings. The van der Waals surface area contributed by atoms with Gasteiger partial charge in [-0.05, 0) is 43.5 Å². The maximum Gasteiger partial charge on any atom is 0.251 e. The van der Waals surface area contributed by atoms with Crippen LogP contribution in [0, 0.1) is 6.92 Å². The van der Waals surface area contributed by atoms with Crippen molar-refractivity contribution in [3.05, 3.63) is 34.3 Å². The van der Waals surface area contributed by atoms with Gasteiger partial charge in [-0.3, -0.25) is 4.79 Å². The Bertz CT molecular complexity index is 351. The van der Waals surface area contributed by atoms with Crippen LogP contribution in [-0.2, 0) is 0 Å². The second-order valence-corrected chi connectivity index (χ2v) is 4.20. The molecule has 1 saturated carbocycles. The number of hydrogen-bond donors (Lipinski definition) is 1. The molecular formula is C11H12ClNO. The van der Waals surface area contributed by atoms with Gasteiger partial charge in [0.15, 0.2) is 0 Å². The summed E-state index contributed by atoms with van der Waals surface area (Å²) in [5.41, 5.74) is 1.67. The summed E-state index contributed by atoms with van der Waals surface area (Å²) in [5.74, 6) is -0.0156. The van der Waals surface area contributed by atoms with Crippen molar-refractivity contribution in [1.82, 2.24) is 5.32 Å². The van der Waals surface area contributed by atoms with E-state index in [-0.39, 0.29) is 5.91 Å². The summed E-state index contributed by atoms with van der Waals surface area (Å²) in [6, 6.07) is 5.78. The molecule has 0 aromatic heterocycles. The van der Waals surface area contributed by atoms with Gasteiger partial charge >= 0.3 is 0 Å². The van der Waals surface area contributed by atoms with Crippen LogP contribution in [0.15, 0.2) is 18.2 Å². The topological polar surface area (TPSA) is 29.1 Å². The van der Waals surface area contributed by atoms with Crippen molar-refractivity contribution in [2.24, 2.45) is 0 Å². The lowest BCUT2D eigenvalue weighted by Gasteiger charge is -2.04. The molecule has 74 valence electrons. The standard InChI is InChI=1S/C11H12ClNO/c1-7-4-8(6-9(12)5-7)11(14)13-10-2-3-10/h4-6,10H,2-3H2,1H3,(H,13,14). The third kappa shape index (κ3) is 2.26. The molecule has 3 heteroatoms. The van der Waals surface area contributed by atoms with Crippen molar-refractivity contribution in [2.45, 2.75) is 25.8 Å². The van der Waals surface area contributed by atoms with E-state index in [1.54, 1.807) is 6.07 Å². The van der Waals surface area contributed by atoms with E-state index in [9.17, 15) is 4.79 Å². The highest BCUT2D eigenvalue weighted by atomic mass is 35.5. The Balaban J connectivity index is 2.17.